The molecule has 1 aromatic rings. The number of benzene rings is 1. The summed E-state index contributed by atoms with van der Waals surface area (Å²) in [5.41, 5.74) is 1.10. The number of hydrogen-bond donors (Lipinski definition) is 0. The number of epoxide rings is 1. The first kappa shape index (κ1) is 10.5. The Morgan fingerprint density at radius 3 is 2.79 bits per heavy atom. The summed E-state index contributed by atoms with van der Waals surface area (Å²) < 4.78 is 10.9. The van der Waals surface area contributed by atoms with Crippen molar-refractivity contribution in [1.29, 1.82) is 0 Å². The minimum Gasteiger partial charge on any atom is -0.490 e. The molecule has 1 aliphatic rings. The van der Waals surface area contributed by atoms with E-state index in [4.69, 9.17) is 9.47 Å². The molecule has 1 atom stereocenters. The molecular formula is C10H10Br2O2. The van der Waals surface area contributed by atoms with E-state index in [2.05, 4.69) is 31.9 Å². The van der Waals surface area contributed by atoms with Gasteiger partial charge in [-0.1, -0.05) is 50.1 Å². The van der Waals surface area contributed by atoms with Crippen LogP contribution in [0.15, 0.2) is 24.3 Å². The van der Waals surface area contributed by atoms with Gasteiger partial charge in [-0.3, -0.25) is 0 Å². The van der Waals surface area contributed by atoms with E-state index in [1.54, 1.807) is 0 Å². The van der Waals surface area contributed by atoms with Crippen molar-refractivity contribution in [3.63, 3.8) is 0 Å². The van der Waals surface area contributed by atoms with E-state index in [0.717, 1.165) is 17.9 Å². The lowest BCUT2D eigenvalue weighted by Crippen LogP contribution is -2.05. The minimum absolute atomic E-state index is 0.131. The van der Waals surface area contributed by atoms with Crippen LogP contribution in [0.5, 0.6) is 5.75 Å². The molecular weight excluding hydrogens is 312 g/mol. The lowest BCUT2D eigenvalue weighted by Gasteiger charge is -2.10. The standard InChI is InChI=1S/C10H10Br2O2/c11-10(12)8-3-1-2-4-9(8)14-6-7-5-13-7/h1-4,7,10H,5-6H2. The van der Waals surface area contributed by atoms with Crippen molar-refractivity contribution in [2.24, 2.45) is 0 Å². The molecule has 4 heteroatoms. The van der Waals surface area contributed by atoms with Crippen molar-refractivity contribution < 1.29 is 9.47 Å². The molecule has 1 heterocycles. The van der Waals surface area contributed by atoms with Crippen molar-refractivity contribution in [2.75, 3.05) is 13.2 Å². The Kier molecular flexibility index (Phi) is 3.47. The smallest absolute Gasteiger partial charge is 0.124 e. The number of halogens is 2. The molecule has 2 nitrogen and oxygen atoms in total. The Balaban J connectivity index is 2.05. The van der Waals surface area contributed by atoms with E-state index in [1.165, 1.54) is 0 Å². The van der Waals surface area contributed by atoms with Crippen molar-refractivity contribution in [2.45, 2.75) is 9.84 Å². The van der Waals surface area contributed by atoms with Gasteiger partial charge in [0.25, 0.3) is 0 Å². The molecule has 0 aromatic heterocycles. The second-order valence-electron chi connectivity index (χ2n) is 3.10. The number of alkyl halides is 2. The second-order valence-corrected chi connectivity index (χ2v) is 6.16. The van der Waals surface area contributed by atoms with Gasteiger partial charge in [0.15, 0.2) is 0 Å². The molecule has 76 valence electrons. The molecule has 0 spiro atoms. The van der Waals surface area contributed by atoms with E-state index < -0.39 is 0 Å². The van der Waals surface area contributed by atoms with Crippen LogP contribution in [0.3, 0.4) is 0 Å². The highest BCUT2D eigenvalue weighted by atomic mass is 79.9. The summed E-state index contributed by atoms with van der Waals surface area (Å²) in [5.74, 6) is 0.904. The molecule has 1 aliphatic heterocycles. The first-order valence-electron chi connectivity index (χ1n) is 4.39. The van der Waals surface area contributed by atoms with Crippen molar-refractivity contribution >= 4 is 31.9 Å². The zero-order valence-electron chi connectivity index (χ0n) is 7.45. The highest BCUT2D eigenvalue weighted by Crippen LogP contribution is 2.35. The molecule has 14 heavy (non-hydrogen) atoms. The predicted octanol–water partition coefficient (Wildman–Crippen LogP) is 3.25. The maximum Gasteiger partial charge on any atom is 0.124 e. The first-order valence-corrected chi connectivity index (χ1v) is 6.22. The van der Waals surface area contributed by atoms with Crippen LogP contribution in [0.4, 0.5) is 0 Å². The zero-order valence-corrected chi connectivity index (χ0v) is 10.6. The first-order chi connectivity index (χ1) is 6.77. The summed E-state index contributed by atoms with van der Waals surface area (Å²) in [4.78, 5) is 0. The summed E-state index contributed by atoms with van der Waals surface area (Å²) in [6.45, 7) is 1.47. The molecule has 0 radical (unpaired) electrons. The maximum absolute atomic E-state index is 5.64. The average Bonchev–Trinajstić information content (AvgIpc) is 2.98. The van der Waals surface area contributed by atoms with Crippen LogP contribution in [0.2, 0.25) is 0 Å². The van der Waals surface area contributed by atoms with Gasteiger partial charge >= 0.3 is 0 Å². The number of rotatable bonds is 4. The van der Waals surface area contributed by atoms with Crippen LogP contribution in [0, 0.1) is 0 Å². The quantitative estimate of drug-likeness (QED) is 0.627. The zero-order chi connectivity index (χ0) is 9.97. The fraction of sp³-hybridized carbons (Fsp3) is 0.400. The topological polar surface area (TPSA) is 21.8 Å². The summed E-state index contributed by atoms with van der Waals surface area (Å²) in [6, 6.07) is 7.95. The van der Waals surface area contributed by atoms with Crippen molar-refractivity contribution in [1.82, 2.24) is 0 Å². The monoisotopic (exact) mass is 320 g/mol. The van der Waals surface area contributed by atoms with E-state index in [-0.39, 0.29) is 3.74 Å². The van der Waals surface area contributed by atoms with E-state index in [9.17, 15) is 0 Å². The Labute approximate surface area is 99.8 Å². The van der Waals surface area contributed by atoms with Crippen molar-refractivity contribution in [3.8, 4) is 5.75 Å². The Hall–Kier alpha value is -0.0600. The van der Waals surface area contributed by atoms with Crippen LogP contribution in [0.25, 0.3) is 0 Å². The number of hydrogen-bond acceptors (Lipinski definition) is 2. The predicted molar refractivity (Wildman–Crippen MR) is 62.3 cm³/mol. The highest BCUT2D eigenvalue weighted by Gasteiger charge is 2.23. The Bertz CT molecular complexity index is 311. The maximum atomic E-state index is 5.64. The fourth-order valence-electron chi connectivity index (χ4n) is 1.14. The van der Waals surface area contributed by atoms with Crippen LogP contribution < -0.4 is 4.74 Å². The van der Waals surface area contributed by atoms with Gasteiger partial charge in [-0.2, -0.15) is 0 Å². The van der Waals surface area contributed by atoms with Crippen LogP contribution in [0.1, 0.15) is 9.30 Å². The lowest BCUT2D eigenvalue weighted by molar-refractivity contribution is 0.261. The van der Waals surface area contributed by atoms with Gasteiger partial charge in [0.05, 0.1) is 10.3 Å². The van der Waals surface area contributed by atoms with Gasteiger partial charge in [-0.05, 0) is 6.07 Å². The van der Waals surface area contributed by atoms with Gasteiger partial charge < -0.3 is 9.47 Å². The molecule has 0 bridgehead atoms. The average molecular weight is 322 g/mol. The van der Waals surface area contributed by atoms with E-state index in [1.807, 2.05) is 24.3 Å². The Morgan fingerprint density at radius 2 is 2.14 bits per heavy atom. The van der Waals surface area contributed by atoms with E-state index >= 15 is 0 Å². The SMILES string of the molecule is BrC(Br)c1ccccc1OCC1CO1. The third kappa shape index (κ3) is 2.72. The van der Waals surface area contributed by atoms with Gasteiger partial charge in [-0.15, -0.1) is 0 Å². The Morgan fingerprint density at radius 1 is 1.43 bits per heavy atom. The third-order valence-electron chi connectivity index (χ3n) is 1.98. The number of para-hydroxylation sites is 1. The lowest BCUT2D eigenvalue weighted by atomic mass is 10.2. The van der Waals surface area contributed by atoms with Crippen molar-refractivity contribution in [3.05, 3.63) is 29.8 Å². The molecule has 0 N–H and O–H groups in total. The molecule has 0 aliphatic carbocycles. The van der Waals surface area contributed by atoms with Crippen LogP contribution in [-0.4, -0.2) is 19.3 Å². The molecule has 2 rings (SSSR count). The molecule has 1 unspecified atom stereocenters. The van der Waals surface area contributed by atoms with Gasteiger partial charge in [0, 0.05) is 5.56 Å². The molecule has 1 saturated heterocycles. The second kappa shape index (κ2) is 4.64. The van der Waals surface area contributed by atoms with Gasteiger partial charge in [0.1, 0.15) is 18.5 Å². The molecule has 1 fully saturated rings. The number of ether oxygens (including phenoxy) is 2. The normalized spacial score (nSPS) is 19.8. The largest absolute Gasteiger partial charge is 0.490 e. The summed E-state index contributed by atoms with van der Waals surface area (Å²) in [7, 11) is 0. The van der Waals surface area contributed by atoms with Gasteiger partial charge in [0.2, 0.25) is 0 Å². The third-order valence-corrected chi connectivity index (χ3v) is 2.97. The summed E-state index contributed by atoms with van der Waals surface area (Å²) in [6.07, 6.45) is 0.298. The summed E-state index contributed by atoms with van der Waals surface area (Å²) in [5, 5.41) is 0. The fourth-order valence-corrected chi connectivity index (χ4v) is 1.90. The molecule has 1 aromatic carbocycles. The highest BCUT2D eigenvalue weighted by molar-refractivity contribution is 9.24. The minimum atomic E-state index is 0.131. The van der Waals surface area contributed by atoms with Gasteiger partial charge in [-0.25, -0.2) is 0 Å². The van der Waals surface area contributed by atoms with E-state index in [0.29, 0.717) is 12.7 Å². The molecule has 0 amide bonds. The van der Waals surface area contributed by atoms with Crippen LogP contribution >= 0.6 is 31.9 Å². The van der Waals surface area contributed by atoms with Crippen LogP contribution in [-0.2, 0) is 4.74 Å². The molecule has 0 saturated carbocycles. The summed E-state index contributed by atoms with van der Waals surface area (Å²) >= 11 is 6.92.